The third-order valence-electron chi connectivity index (χ3n) is 4.56. The van der Waals surface area contributed by atoms with E-state index in [-0.39, 0.29) is 23.5 Å². The molecule has 2 amide bonds. The molecule has 3 rings (SSSR count). The minimum atomic E-state index is -0.558. The van der Waals surface area contributed by atoms with Gasteiger partial charge >= 0.3 is 0 Å². The highest BCUT2D eigenvalue weighted by atomic mass is 16.5. The first-order chi connectivity index (χ1) is 12.5. The average Bonchev–Trinajstić information content (AvgIpc) is 3.19. The lowest BCUT2D eigenvalue weighted by Crippen LogP contribution is -2.44. The van der Waals surface area contributed by atoms with Crippen LogP contribution in [0.25, 0.3) is 0 Å². The molecular weight excluding hydrogens is 334 g/mol. The maximum atomic E-state index is 12.4. The lowest BCUT2D eigenvalue weighted by Gasteiger charge is -2.26. The van der Waals surface area contributed by atoms with E-state index in [1.807, 2.05) is 6.92 Å². The number of nitrogens with two attached hydrogens (primary N) is 1. The highest BCUT2D eigenvalue weighted by molar-refractivity contribution is 6.03. The van der Waals surface area contributed by atoms with Crippen LogP contribution >= 0.6 is 0 Å². The van der Waals surface area contributed by atoms with Gasteiger partial charge < -0.3 is 25.5 Å². The molecule has 7 heteroatoms. The van der Waals surface area contributed by atoms with Crippen LogP contribution in [0.4, 0.5) is 11.4 Å². The first kappa shape index (κ1) is 18.2. The number of amides is 2. The van der Waals surface area contributed by atoms with Crippen molar-refractivity contribution in [3.05, 3.63) is 47.9 Å². The Morgan fingerprint density at radius 2 is 1.96 bits per heavy atom. The lowest BCUT2D eigenvalue weighted by atomic mass is 9.92. The summed E-state index contributed by atoms with van der Waals surface area (Å²) in [4.78, 5) is 24.4. The van der Waals surface area contributed by atoms with E-state index in [0.29, 0.717) is 24.6 Å². The predicted molar refractivity (Wildman–Crippen MR) is 98.0 cm³/mol. The van der Waals surface area contributed by atoms with Gasteiger partial charge in [0.05, 0.1) is 12.3 Å². The summed E-state index contributed by atoms with van der Waals surface area (Å²) < 4.78 is 10.4. The molecule has 1 aliphatic rings. The smallest absolute Gasteiger partial charge is 0.291 e. The van der Waals surface area contributed by atoms with Gasteiger partial charge in [0.25, 0.3) is 5.91 Å². The number of nitrogens with one attached hydrogen (secondary N) is 2. The van der Waals surface area contributed by atoms with E-state index in [2.05, 4.69) is 10.6 Å². The largest absolute Gasteiger partial charge is 0.459 e. The van der Waals surface area contributed by atoms with E-state index in [1.54, 1.807) is 30.3 Å². The molecule has 7 nitrogen and oxygen atoms in total. The van der Waals surface area contributed by atoms with Crippen molar-refractivity contribution in [2.24, 2.45) is 11.7 Å². The standard InChI is InChI=1S/C19H23N3O4/c1-12-11-14(21-19(24)17(20)13-6-9-25-10-7-13)4-5-15(12)22-18(23)16-3-2-8-26-16/h2-5,8,11,13,17H,6-7,9-10,20H2,1H3,(H,21,24)(H,22,23). The van der Waals surface area contributed by atoms with Crippen LogP contribution in [0.2, 0.25) is 0 Å². The van der Waals surface area contributed by atoms with Crippen LogP contribution in [-0.4, -0.2) is 31.1 Å². The topological polar surface area (TPSA) is 107 Å². The summed E-state index contributed by atoms with van der Waals surface area (Å²) in [6, 6.07) is 7.97. The number of hydrogen-bond donors (Lipinski definition) is 3. The quantitative estimate of drug-likeness (QED) is 0.762. The maximum Gasteiger partial charge on any atom is 0.291 e. The highest BCUT2D eigenvalue weighted by Crippen LogP contribution is 2.22. The first-order valence-electron chi connectivity index (χ1n) is 8.64. The molecule has 0 saturated carbocycles. The minimum absolute atomic E-state index is 0.136. The summed E-state index contributed by atoms with van der Waals surface area (Å²) in [7, 11) is 0. The zero-order chi connectivity index (χ0) is 18.5. The molecule has 0 bridgehead atoms. The Balaban J connectivity index is 1.61. The van der Waals surface area contributed by atoms with Gasteiger partial charge in [-0.1, -0.05) is 0 Å². The summed E-state index contributed by atoms with van der Waals surface area (Å²) >= 11 is 0. The Labute approximate surface area is 151 Å². The summed E-state index contributed by atoms with van der Waals surface area (Å²) in [5.41, 5.74) is 8.21. The zero-order valence-corrected chi connectivity index (χ0v) is 14.7. The SMILES string of the molecule is Cc1cc(NC(=O)C(N)C2CCOCC2)ccc1NC(=O)c1ccco1. The van der Waals surface area contributed by atoms with E-state index in [4.69, 9.17) is 14.9 Å². The number of rotatable bonds is 5. The van der Waals surface area contributed by atoms with E-state index >= 15 is 0 Å². The van der Waals surface area contributed by atoms with Crippen LogP contribution < -0.4 is 16.4 Å². The molecule has 0 aliphatic carbocycles. The van der Waals surface area contributed by atoms with E-state index < -0.39 is 6.04 Å². The molecule has 1 saturated heterocycles. The molecule has 1 aliphatic heterocycles. The van der Waals surface area contributed by atoms with Crippen molar-refractivity contribution in [3.8, 4) is 0 Å². The van der Waals surface area contributed by atoms with E-state index in [0.717, 1.165) is 18.4 Å². The number of benzene rings is 1. The van der Waals surface area contributed by atoms with E-state index in [1.165, 1.54) is 6.26 Å². The molecule has 2 aromatic rings. The molecule has 1 unspecified atom stereocenters. The van der Waals surface area contributed by atoms with Crippen molar-refractivity contribution in [2.75, 3.05) is 23.8 Å². The van der Waals surface area contributed by atoms with Crippen LogP contribution in [0.3, 0.4) is 0 Å². The van der Waals surface area contributed by atoms with Gasteiger partial charge in [-0.05, 0) is 61.6 Å². The van der Waals surface area contributed by atoms with Gasteiger partial charge in [0, 0.05) is 24.6 Å². The van der Waals surface area contributed by atoms with Crippen molar-refractivity contribution < 1.29 is 18.7 Å². The second-order valence-electron chi connectivity index (χ2n) is 6.43. The molecule has 1 aromatic heterocycles. The predicted octanol–water partition coefficient (Wildman–Crippen LogP) is 2.53. The Hall–Kier alpha value is -2.64. The first-order valence-corrected chi connectivity index (χ1v) is 8.64. The fourth-order valence-corrected chi connectivity index (χ4v) is 2.99. The number of furan rings is 1. The monoisotopic (exact) mass is 357 g/mol. The number of aryl methyl sites for hydroxylation is 1. The molecule has 0 radical (unpaired) electrons. The van der Waals surface area contributed by atoms with Crippen LogP contribution in [0.1, 0.15) is 29.0 Å². The van der Waals surface area contributed by atoms with Crippen molar-refractivity contribution in [2.45, 2.75) is 25.8 Å². The highest BCUT2D eigenvalue weighted by Gasteiger charge is 2.26. The lowest BCUT2D eigenvalue weighted by molar-refractivity contribution is -0.119. The number of ether oxygens (including phenoxy) is 1. The number of carbonyl (C=O) groups is 2. The zero-order valence-electron chi connectivity index (χ0n) is 14.7. The summed E-state index contributed by atoms with van der Waals surface area (Å²) in [5.74, 6) is -0.152. The second-order valence-corrected chi connectivity index (χ2v) is 6.43. The number of hydrogen-bond acceptors (Lipinski definition) is 5. The molecule has 1 atom stereocenters. The van der Waals surface area contributed by atoms with Crippen molar-refractivity contribution in [3.63, 3.8) is 0 Å². The van der Waals surface area contributed by atoms with Crippen LogP contribution in [-0.2, 0) is 9.53 Å². The third-order valence-corrected chi connectivity index (χ3v) is 4.56. The Bertz CT molecular complexity index is 767. The normalized spacial score (nSPS) is 16.1. The minimum Gasteiger partial charge on any atom is -0.459 e. The van der Waals surface area contributed by atoms with Crippen molar-refractivity contribution in [1.82, 2.24) is 0 Å². The molecule has 4 N–H and O–H groups in total. The maximum absolute atomic E-state index is 12.4. The van der Waals surface area contributed by atoms with Gasteiger partial charge in [0.1, 0.15) is 0 Å². The molecule has 26 heavy (non-hydrogen) atoms. The van der Waals surface area contributed by atoms with E-state index in [9.17, 15) is 9.59 Å². The average molecular weight is 357 g/mol. The molecular formula is C19H23N3O4. The van der Waals surface area contributed by atoms with Crippen molar-refractivity contribution in [1.29, 1.82) is 0 Å². The van der Waals surface area contributed by atoms with Gasteiger partial charge in [-0.3, -0.25) is 9.59 Å². The van der Waals surface area contributed by atoms with Gasteiger partial charge in [0.2, 0.25) is 5.91 Å². The van der Waals surface area contributed by atoms with Gasteiger partial charge in [0.15, 0.2) is 5.76 Å². The van der Waals surface area contributed by atoms with Gasteiger partial charge in [-0.25, -0.2) is 0 Å². The molecule has 0 spiro atoms. The van der Waals surface area contributed by atoms with Crippen LogP contribution in [0.15, 0.2) is 41.0 Å². The molecule has 138 valence electrons. The fraction of sp³-hybridized carbons (Fsp3) is 0.368. The van der Waals surface area contributed by atoms with Gasteiger partial charge in [-0.15, -0.1) is 0 Å². The summed E-state index contributed by atoms with van der Waals surface area (Å²) in [6.45, 7) is 3.15. The Morgan fingerprint density at radius 1 is 1.19 bits per heavy atom. The Kier molecular flexibility index (Phi) is 5.70. The number of anilines is 2. The van der Waals surface area contributed by atoms with Crippen molar-refractivity contribution >= 4 is 23.2 Å². The molecule has 1 fully saturated rings. The second kappa shape index (κ2) is 8.16. The molecule has 1 aromatic carbocycles. The summed E-state index contributed by atoms with van der Waals surface area (Å²) in [5, 5.41) is 5.64. The number of carbonyl (C=O) groups excluding carboxylic acids is 2. The van der Waals surface area contributed by atoms with Crippen LogP contribution in [0.5, 0.6) is 0 Å². The molecule has 2 heterocycles. The van der Waals surface area contributed by atoms with Gasteiger partial charge in [-0.2, -0.15) is 0 Å². The van der Waals surface area contributed by atoms with Crippen LogP contribution in [0, 0.1) is 12.8 Å². The third kappa shape index (κ3) is 4.30. The fourth-order valence-electron chi connectivity index (χ4n) is 2.99. The summed E-state index contributed by atoms with van der Waals surface area (Å²) in [6.07, 6.45) is 3.04. The Morgan fingerprint density at radius 3 is 2.62 bits per heavy atom.